The van der Waals surface area contributed by atoms with Gasteiger partial charge in [-0.05, 0) is 36.8 Å². The van der Waals surface area contributed by atoms with Crippen molar-refractivity contribution in [1.82, 2.24) is 5.32 Å². The summed E-state index contributed by atoms with van der Waals surface area (Å²) in [5.41, 5.74) is 2.80. The number of carbonyl (C=O) groups excluding carboxylic acids is 1. The van der Waals surface area contributed by atoms with Gasteiger partial charge in [0, 0.05) is 12.0 Å². The monoisotopic (exact) mass is 201 g/mol. The van der Waals surface area contributed by atoms with Gasteiger partial charge < -0.3 is 5.32 Å². The highest BCUT2D eigenvalue weighted by Gasteiger charge is 2.32. The highest BCUT2D eigenvalue weighted by Crippen LogP contribution is 2.30. The van der Waals surface area contributed by atoms with Gasteiger partial charge in [0.25, 0.3) is 0 Å². The molecule has 0 unspecified atom stereocenters. The van der Waals surface area contributed by atoms with Crippen molar-refractivity contribution in [1.29, 1.82) is 0 Å². The fraction of sp³-hybridized carbons (Fsp3) is 0.462. The molecule has 0 radical (unpaired) electrons. The predicted molar refractivity (Wildman–Crippen MR) is 58.5 cm³/mol. The van der Waals surface area contributed by atoms with Gasteiger partial charge in [-0.15, -0.1) is 0 Å². The molecule has 78 valence electrons. The van der Waals surface area contributed by atoms with Crippen LogP contribution in [0.5, 0.6) is 0 Å². The topological polar surface area (TPSA) is 29.1 Å². The Labute approximate surface area is 89.7 Å². The van der Waals surface area contributed by atoms with Crippen molar-refractivity contribution >= 4 is 5.91 Å². The standard InChI is InChI=1S/C13H15NO/c15-13(9-5-6-9)14-12-7-10-3-1-2-4-11(10)8-12/h1-4,9,12H,5-8H2,(H,14,15). The molecule has 0 atom stereocenters. The van der Waals surface area contributed by atoms with E-state index in [4.69, 9.17) is 0 Å². The van der Waals surface area contributed by atoms with E-state index in [-0.39, 0.29) is 5.91 Å². The van der Waals surface area contributed by atoms with E-state index in [1.807, 2.05) is 0 Å². The first kappa shape index (κ1) is 8.96. The van der Waals surface area contributed by atoms with E-state index < -0.39 is 0 Å². The van der Waals surface area contributed by atoms with Crippen LogP contribution in [-0.2, 0) is 17.6 Å². The number of hydrogen-bond acceptors (Lipinski definition) is 1. The zero-order valence-electron chi connectivity index (χ0n) is 8.70. The van der Waals surface area contributed by atoms with E-state index in [0.29, 0.717) is 12.0 Å². The number of benzene rings is 1. The third-order valence-corrected chi connectivity index (χ3v) is 3.35. The highest BCUT2D eigenvalue weighted by molar-refractivity contribution is 5.81. The number of amides is 1. The minimum atomic E-state index is 0.271. The second-order valence-corrected chi connectivity index (χ2v) is 4.66. The zero-order valence-corrected chi connectivity index (χ0v) is 8.70. The van der Waals surface area contributed by atoms with E-state index in [2.05, 4.69) is 29.6 Å². The Hall–Kier alpha value is -1.31. The van der Waals surface area contributed by atoms with E-state index in [1.165, 1.54) is 11.1 Å². The summed E-state index contributed by atoms with van der Waals surface area (Å²) in [5, 5.41) is 3.15. The van der Waals surface area contributed by atoms with Crippen LogP contribution in [0.25, 0.3) is 0 Å². The van der Waals surface area contributed by atoms with Gasteiger partial charge in [0.1, 0.15) is 0 Å². The molecule has 3 rings (SSSR count). The fourth-order valence-electron chi connectivity index (χ4n) is 2.33. The summed E-state index contributed by atoms with van der Waals surface area (Å²) in [4.78, 5) is 11.6. The molecule has 1 amide bonds. The lowest BCUT2D eigenvalue weighted by Crippen LogP contribution is -2.36. The molecule has 1 fully saturated rings. The summed E-state index contributed by atoms with van der Waals surface area (Å²) < 4.78 is 0. The van der Waals surface area contributed by atoms with E-state index in [0.717, 1.165) is 25.7 Å². The van der Waals surface area contributed by atoms with Crippen molar-refractivity contribution in [3.8, 4) is 0 Å². The van der Waals surface area contributed by atoms with Gasteiger partial charge in [0.15, 0.2) is 0 Å². The molecule has 1 aromatic carbocycles. The Bertz CT molecular complexity index is 370. The first-order valence-electron chi connectivity index (χ1n) is 5.70. The van der Waals surface area contributed by atoms with Crippen molar-refractivity contribution in [3.63, 3.8) is 0 Å². The summed E-state index contributed by atoms with van der Waals surface area (Å²) in [6.07, 6.45) is 4.19. The lowest BCUT2D eigenvalue weighted by Gasteiger charge is -2.11. The first-order chi connectivity index (χ1) is 7.33. The van der Waals surface area contributed by atoms with Gasteiger partial charge in [-0.2, -0.15) is 0 Å². The molecular weight excluding hydrogens is 186 g/mol. The predicted octanol–water partition coefficient (Wildman–Crippen LogP) is 1.68. The van der Waals surface area contributed by atoms with Gasteiger partial charge in [-0.25, -0.2) is 0 Å². The molecule has 15 heavy (non-hydrogen) atoms. The van der Waals surface area contributed by atoms with Crippen LogP contribution < -0.4 is 5.32 Å². The Balaban J connectivity index is 1.65. The molecule has 0 saturated heterocycles. The maximum atomic E-state index is 11.6. The third kappa shape index (κ3) is 1.76. The van der Waals surface area contributed by atoms with Crippen LogP contribution in [0.4, 0.5) is 0 Å². The maximum Gasteiger partial charge on any atom is 0.223 e. The summed E-state index contributed by atoms with van der Waals surface area (Å²) >= 11 is 0. The van der Waals surface area contributed by atoms with E-state index >= 15 is 0 Å². The quantitative estimate of drug-likeness (QED) is 0.775. The van der Waals surface area contributed by atoms with Gasteiger partial charge in [0.05, 0.1) is 0 Å². The van der Waals surface area contributed by atoms with E-state index in [9.17, 15) is 4.79 Å². The van der Waals surface area contributed by atoms with Crippen LogP contribution in [0, 0.1) is 5.92 Å². The second-order valence-electron chi connectivity index (χ2n) is 4.66. The van der Waals surface area contributed by atoms with Gasteiger partial charge >= 0.3 is 0 Å². The SMILES string of the molecule is O=C(NC1Cc2ccccc2C1)C1CC1. The number of rotatable bonds is 2. The Morgan fingerprint density at radius 3 is 2.27 bits per heavy atom. The first-order valence-corrected chi connectivity index (χ1v) is 5.70. The van der Waals surface area contributed by atoms with Crippen LogP contribution in [0.15, 0.2) is 24.3 Å². The van der Waals surface area contributed by atoms with Crippen molar-refractivity contribution < 1.29 is 4.79 Å². The van der Waals surface area contributed by atoms with Gasteiger partial charge in [0.2, 0.25) is 5.91 Å². The molecule has 2 aliphatic carbocycles. The number of fused-ring (bicyclic) bond motifs is 1. The average Bonchev–Trinajstić information content (AvgIpc) is 2.99. The Kier molecular flexibility index (Phi) is 2.01. The summed E-state index contributed by atoms with van der Waals surface area (Å²) in [7, 11) is 0. The molecule has 0 aliphatic heterocycles. The number of carbonyl (C=O) groups is 1. The summed E-state index contributed by atoms with van der Waals surface area (Å²) in [6, 6.07) is 8.82. The lowest BCUT2D eigenvalue weighted by atomic mass is 10.1. The number of hydrogen-bond donors (Lipinski definition) is 1. The molecule has 0 heterocycles. The van der Waals surface area contributed by atoms with Crippen molar-refractivity contribution in [2.75, 3.05) is 0 Å². The van der Waals surface area contributed by atoms with Crippen LogP contribution in [-0.4, -0.2) is 11.9 Å². The van der Waals surface area contributed by atoms with Crippen molar-refractivity contribution in [3.05, 3.63) is 35.4 Å². The largest absolute Gasteiger partial charge is 0.352 e. The molecule has 0 aromatic heterocycles. The normalized spacial score (nSPS) is 20.0. The zero-order chi connectivity index (χ0) is 10.3. The van der Waals surface area contributed by atoms with Crippen molar-refractivity contribution in [2.45, 2.75) is 31.7 Å². The molecule has 2 heteroatoms. The minimum Gasteiger partial charge on any atom is -0.352 e. The Morgan fingerprint density at radius 2 is 1.73 bits per heavy atom. The van der Waals surface area contributed by atoms with E-state index in [1.54, 1.807) is 0 Å². The third-order valence-electron chi connectivity index (χ3n) is 3.35. The number of nitrogens with one attached hydrogen (secondary N) is 1. The highest BCUT2D eigenvalue weighted by atomic mass is 16.2. The molecule has 2 aliphatic rings. The maximum absolute atomic E-state index is 11.6. The molecule has 0 bridgehead atoms. The average molecular weight is 201 g/mol. The van der Waals surface area contributed by atoms with Crippen LogP contribution in [0.3, 0.4) is 0 Å². The van der Waals surface area contributed by atoms with Crippen LogP contribution in [0.2, 0.25) is 0 Å². The Morgan fingerprint density at radius 1 is 1.13 bits per heavy atom. The molecule has 0 spiro atoms. The molecule has 1 saturated carbocycles. The summed E-state index contributed by atoms with van der Waals surface area (Å²) in [6.45, 7) is 0. The lowest BCUT2D eigenvalue weighted by molar-refractivity contribution is -0.122. The minimum absolute atomic E-state index is 0.271. The second kappa shape index (κ2) is 3.37. The molecule has 1 aromatic rings. The van der Waals surface area contributed by atoms with Crippen LogP contribution >= 0.6 is 0 Å². The molecule has 1 N–H and O–H groups in total. The van der Waals surface area contributed by atoms with Gasteiger partial charge in [-0.3, -0.25) is 4.79 Å². The van der Waals surface area contributed by atoms with Gasteiger partial charge in [-0.1, -0.05) is 24.3 Å². The van der Waals surface area contributed by atoms with Crippen LogP contribution in [0.1, 0.15) is 24.0 Å². The fourth-order valence-corrected chi connectivity index (χ4v) is 2.33. The summed E-state index contributed by atoms with van der Waals surface area (Å²) in [5.74, 6) is 0.599. The smallest absolute Gasteiger partial charge is 0.223 e. The van der Waals surface area contributed by atoms with Crippen molar-refractivity contribution in [2.24, 2.45) is 5.92 Å². The molecule has 2 nitrogen and oxygen atoms in total. The molecular formula is C13H15NO.